The number of anilines is 1. The molecule has 1 rings (SSSR count). The van der Waals surface area contributed by atoms with Crippen LogP contribution in [0, 0.1) is 0 Å². The average molecular weight is 218 g/mol. The zero-order chi connectivity index (χ0) is 9.68. The van der Waals surface area contributed by atoms with Crippen molar-refractivity contribution in [1.29, 1.82) is 0 Å². The molecule has 1 N–H and O–H groups in total. The molecule has 1 aromatic carbocycles. The van der Waals surface area contributed by atoms with Gasteiger partial charge in [-0.05, 0) is 12.1 Å². The van der Waals surface area contributed by atoms with Crippen molar-refractivity contribution in [3.8, 4) is 0 Å². The molecular weight excluding hydrogens is 209 g/mol. The van der Waals surface area contributed by atoms with Gasteiger partial charge in [-0.1, -0.05) is 18.2 Å². The first-order valence-corrected chi connectivity index (χ1v) is 4.77. The van der Waals surface area contributed by atoms with E-state index in [-0.39, 0.29) is 11.8 Å². The highest BCUT2D eigenvalue weighted by molar-refractivity contribution is 6.37. The van der Waals surface area contributed by atoms with Gasteiger partial charge in [-0.25, -0.2) is 0 Å². The van der Waals surface area contributed by atoms with Crippen molar-refractivity contribution in [1.82, 2.24) is 0 Å². The minimum atomic E-state index is -0.679. The number of hydrogen-bond donors (Lipinski definition) is 1. The molecule has 0 saturated carbocycles. The lowest BCUT2D eigenvalue weighted by Gasteiger charge is -2.06. The Hall–Kier alpha value is -0.730. The van der Waals surface area contributed by atoms with Gasteiger partial charge in [0.05, 0.1) is 0 Å². The fourth-order valence-electron chi connectivity index (χ4n) is 0.812. The van der Waals surface area contributed by atoms with Gasteiger partial charge in [0.15, 0.2) is 0 Å². The zero-order valence-electron chi connectivity index (χ0n) is 6.84. The summed E-state index contributed by atoms with van der Waals surface area (Å²) in [5.74, 6) is -0.164. The Morgan fingerprint density at radius 1 is 1.38 bits per heavy atom. The largest absolute Gasteiger partial charge is 0.325 e. The van der Waals surface area contributed by atoms with E-state index in [4.69, 9.17) is 23.2 Å². The number of rotatable bonds is 3. The summed E-state index contributed by atoms with van der Waals surface area (Å²) in [6.07, 6.45) is 0. The highest BCUT2D eigenvalue weighted by atomic mass is 35.5. The van der Waals surface area contributed by atoms with Gasteiger partial charge in [-0.2, -0.15) is 0 Å². The van der Waals surface area contributed by atoms with Gasteiger partial charge in [-0.3, -0.25) is 4.79 Å². The molecule has 0 fully saturated rings. The molecular formula is C9H9Cl2NO. The SMILES string of the molecule is O=C(Nc1ccccc1)[C@@H](Cl)CCl. The number of carbonyl (C=O) groups excluding carboxylic acids is 1. The van der Waals surface area contributed by atoms with Crippen LogP contribution in [0.4, 0.5) is 5.69 Å². The molecule has 0 aromatic heterocycles. The van der Waals surface area contributed by atoms with E-state index in [1.54, 1.807) is 12.1 Å². The van der Waals surface area contributed by atoms with Crippen LogP contribution in [0.25, 0.3) is 0 Å². The van der Waals surface area contributed by atoms with Gasteiger partial charge >= 0.3 is 0 Å². The fraction of sp³-hybridized carbons (Fsp3) is 0.222. The van der Waals surface area contributed by atoms with Crippen LogP contribution in [0.1, 0.15) is 0 Å². The summed E-state index contributed by atoms with van der Waals surface area (Å²) in [6.45, 7) is 0. The topological polar surface area (TPSA) is 29.1 Å². The molecule has 0 aliphatic heterocycles. The summed E-state index contributed by atoms with van der Waals surface area (Å²) >= 11 is 11.0. The van der Waals surface area contributed by atoms with Gasteiger partial charge in [0.25, 0.3) is 0 Å². The number of halogens is 2. The van der Waals surface area contributed by atoms with E-state index in [0.29, 0.717) is 0 Å². The third-order valence-electron chi connectivity index (χ3n) is 1.46. The third-order valence-corrected chi connectivity index (χ3v) is 2.28. The maximum atomic E-state index is 11.2. The molecule has 0 radical (unpaired) electrons. The lowest BCUT2D eigenvalue weighted by molar-refractivity contribution is -0.115. The Morgan fingerprint density at radius 2 is 2.00 bits per heavy atom. The predicted molar refractivity (Wildman–Crippen MR) is 55.4 cm³/mol. The lowest BCUT2D eigenvalue weighted by Crippen LogP contribution is -2.24. The number of nitrogens with one attached hydrogen (secondary N) is 1. The molecule has 70 valence electrons. The number of hydrogen-bond acceptors (Lipinski definition) is 1. The first-order valence-electron chi connectivity index (χ1n) is 3.80. The summed E-state index contributed by atoms with van der Waals surface area (Å²) in [5, 5.41) is 1.96. The van der Waals surface area contributed by atoms with Crippen molar-refractivity contribution in [3.63, 3.8) is 0 Å². The molecule has 0 bridgehead atoms. The van der Waals surface area contributed by atoms with E-state index >= 15 is 0 Å². The van der Waals surface area contributed by atoms with E-state index in [9.17, 15) is 4.79 Å². The second-order valence-electron chi connectivity index (χ2n) is 2.48. The zero-order valence-corrected chi connectivity index (χ0v) is 8.35. The molecule has 1 amide bonds. The highest BCUT2D eigenvalue weighted by Crippen LogP contribution is 2.08. The van der Waals surface area contributed by atoms with E-state index < -0.39 is 5.38 Å². The van der Waals surface area contributed by atoms with E-state index in [1.807, 2.05) is 18.2 Å². The van der Waals surface area contributed by atoms with E-state index in [1.165, 1.54) is 0 Å². The van der Waals surface area contributed by atoms with Crippen LogP contribution in [0.3, 0.4) is 0 Å². The summed E-state index contributed by atoms with van der Waals surface area (Å²) in [7, 11) is 0. The van der Waals surface area contributed by atoms with Gasteiger partial charge in [0.2, 0.25) is 5.91 Å². The van der Waals surface area contributed by atoms with Gasteiger partial charge in [0.1, 0.15) is 5.38 Å². The van der Waals surface area contributed by atoms with Crippen LogP contribution in [0.15, 0.2) is 30.3 Å². The first kappa shape index (κ1) is 10.4. The smallest absolute Gasteiger partial charge is 0.243 e. The summed E-state index contributed by atoms with van der Waals surface area (Å²) in [5.41, 5.74) is 0.725. The normalized spacial score (nSPS) is 12.2. The molecule has 2 nitrogen and oxygen atoms in total. The lowest BCUT2D eigenvalue weighted by atomic mass is 10.3. The molecule has 0 spiro atoms. The van der Waals surface area contributed by atoms with Gasteiger partial charge in [-0.15, -0.1) is 23.2 Å². The van der Waals surface area contributed by atoms with Crippen molar-refractivity contribution in [2.75, 3.05) is 11.2 Å². The van der Waals surface area contributed by atoms with Crippen molar-refractivity contribution >= 4 is 34.8 Å². The van der Waals surface area contributed by atoms with Crippen LogP contribution in [-0.4, -0.2) is 17.2 Å². The summed E-state index contributed by atoms with van der Waals surface area (Å²) in [4.78, 5) is 11.2. The number of alkyl halides is 2. The second kappa shape index (κ2) is 5.10. The van der Waals surface area contributed by atoms with Crippen LogP contribution in [0.2, 0.25) is 0 Å². The molecule has 0 saturated heterocycles. The van der Waals surface area contributed by atoms with Crippen molar-refractivity contribution in [3.05, 3.63) is 30.3 Å². The number of amides is 1. The fourth-order valence-corrected chi connectivity index (χ4v) is 1.01. The Balaban J connectivity index is 2.55. The molecule has 0 heterocycles. The average Bonchev–Trinajstić information content (AvgIpc) is 2.18. The van der Waals surface area contributed by atoms with E-state index in [0.717, 1.165) is 5.69 Å². The van der Waals surface area contributed by atoms with Gasteiger partial charge < -0.3 is 5.32 Å². The summed E-state index contributed by atoms with van der Waals surface area (Å²) in [6, 6.07) is 9.11. The van der Waals surface area contributed by atoms with E-state index in [2.05, 4.69) is 5.32 Å². The minimum Gasteiger partial charge on any atom is -0.325 e. The number of para-hydroxylation sites is 1. The standard InChI is InChI=1S/C9H9Cl2NO/c10-6-8(11)9(13)12-7-4-2-1-3-5-7/h1-5,8H,6H2,(H,12,13)/t8-/m0/s1. The molecule has 0 aliphatic carbocycles. The number of carbonyl (C=O) groups is 1. The third kappa shape index (κ3) is 3.25. The quantitative estimate of drug-likeness (QED) is 0.775. The molecule has 13 heavy (non-hydrogen) atoms. The maximum Gasteiger partial charge on any atom is 0.243 e. The Morgan fingerprint density at radius 3 is 2.54 bits per heavy atom. The molecule has 0 aliphatic rings. The Bertz CT molecular complexity index is 276. The predicted octanol–water partition coefficient (Wildman–Crippen LogP) is 2.47. The van der Waals surface area contributed by atoms with Crippen molar-refractivity contribution < 1.29 is 4.79 Å². The first-order chi connectivity index (χ1) is 6.24. The van der Waals surface area contributed by atoms with Gasteiger partial charge in [0, 0.05) is 11.6 Å². The van der Waals surface area contributed by atoms with Crippen LogP contribution in [-0.2, 0) is 4.79 Å². The maximum absolute atomic E-state index is 11.2. The molecule has 0 unspecified atom stereocenters. The highest BCUT2D eigenvalue weighted by Gasteiger charge is 2.13. The minimum absolute atomic E-state index is 0.111. The van der Waals surface area contributed by atoms with Crippen LogP contribution in [0.5, 0.6) is 0 Å². The van der Waals surface area contributed by atoms with Crippen molar-refractivity contribution in [2.24, 2.45) is 0 Å². The molecule has 1 atom stereocenters. The molecule has 1 aromatic rings. The van der Waals surface area contributed by atoms with Crippen LogP contribution >= 0.6 is 23.2 Å². The Labute approximate surface area is 86.8 Å². The monoisotopic (exact) mass is 217 g/mol. The Kier molecular flexibility index (Phi) is 4.06. The second-order valence-corrected chi connectivity index (χ2v) is 3.31. The van der Waals surface area contributed by atoms with Crippen LogP contribution < -0.4 is 5.32 Å². The molecule has 4 heteroatoms. The summed E-state index contributed by atoms with van der Waals surface area (Å²) < 4.78 is 0. The number of benzene rings is 1. The van der Waals surface area contributed by atoms with Crippen molar-refractivity contribution in [2.45, 2.75) is 5.38 Å².